The van der Waals surface area contributed by atoms with Gasteiger partial charge in [0.1, 0.15) is 0 Å². The number of halogens is 2. The lowest BCUT2D eigenvalue weighted by atomic mass is 10.2. The summed E-state index contributed by atoms with van der Waals surface area (Å²) in [6, 6.07) is 12.8. The summed E-state index contributed by atoms with van der Waals surface area (Å²) in [7, 11) is -2.62. The fraction of sp³-hybridized carbons (Fsp3) is 0.167. The van der Waals surface area contributed by atoms with Crippen LogP contribution in [0.1, 0.15) is 12.1 Å². The van der Waals surface area contributed by atoms with Crippen molar-refractivity contribution >= 4 is 50.1 Å². The molecule has 0 N–H and O–H groups in total. The van der Waals surface area contributed by atoms with Crippen molar-refractivity contribution < 1.29 is 17.9 Å². The van der Waals surface area contributed by atoms with E-state index in [1.165, 1.54) is 29.3 Å². The van der Waals surface area contributed by atoms with Crippen LogP contribution in [0.4, 0.5) is 0 Å². The molecule has 1 heterocycles. The Morgan fingerprint density at radius 1 is 1.12 bits per heavy atom. The van der Waals surface area contributed by atoms with E-state index < -0.39 is 16.0 Å². The Morgan fingerprint density at radius 3 is 2.46 bits per heavy atom. The van der Waals surface area contributed by atoms with Gasteiger partial charge in [0.25, 0.3) is 10.0 Å². The highest BCUT2D eigenvalue weighted by Crippen LogP contribution is 2.34. The van der Waals surface area contributed by atoms with Gasteiger partial charge in [-0.1, -0.05) is 41.4 Å². The SMILES string of the molecule is COC(=O)CCc1cc2cc(Cl)cc(Cl)c2n1S(=O)(=O)c1ccccc1. The number of rotatable bonds is 5. The van der Waals surface area contributed by atoms with Crippen LogP contribution in [0.5, 0.6) is 0 Å². The first kappa shape index (κ1) is 18.8. The number of hydrogen-bond donors (Lipinski definition) is 0. The first-order valence-corrected chi connectivity index (χ1v) is 9.91. The maximum atomic E-state index is 13.2. The minimum atomic E-state index is -3.91. The molecule has 8 heteroatoms. The van der Waals surface area contributed by atoms with E-state index in [1.54, 1.807) is 30.3 Å². The fourth-order valence-electron chi connectivity index (χ4n) is 2.77. The van der Waals surface area contributed by atoms with Crippen molar-refractivity contribution in [3.8, 4) is 0 Å². The molecule has 0 saturated heterocycles. The second-order valence-corrected chi connectivity index (χ2v) is 8.25. The molecule has 0 atom stereocenters. The van der Waals surface area contributed by atoms with Crippen molar-refractivity contribution in [2.24, 2.45) is 0 Å². The number of ether oxygens (including phenoxy) is 1. The molecule has 136 valence electrons. The Morgan fingerprint density at radius 2 is 1.81 bits per heavy atom. The van der Waals surface area contributed by atoms with E-state index in [9.17, 15) is 13.2 Å². The highest BCUT2D eigenvalue weighted by atomic mass is 35.5. The van der Waals surface area contributed by atoms with Crippen LogP contribution in [0.3, 0.4) is 0 Å². The molecule has 0 radical (unpaired) electrons. The molecule has 0 spiro atoms. The van der Waals surface area contributed by atoms with Gasteiger partial charge in [-0.2, -0.15) is 0 Å². The number of esters is 1. The Bertz CT molecular complexity index is 1080. The van der Waals surface area contributed by atoms with Crippen LogP contribution in [0.2, 0.25) is 10.0 Å². The molecule has 0 saturated carbocycles. The van der Waals surface area contributed by atoms with Gasteiger partial charge in [-0.05, 0) is 36.8 Å². The summed E-state index contributed by atoms with van der Waals surface area (Å²) in [4.78, 5) is 11.7. The monoisotopic (exact) mass is 411 g/mol. The van der Waals surface area contributed by atoms with Gasteiger partial charge in [-0.3, -0.25) is 4.79 Å². The second-order valence-electron chi connectivity index (χ2n) is 5.62. The highest BCUT2D eigenvalue weighted by Gasteiger charge is 2.25. The molecule has 0 bridgehead atoms. The standard InChI is InChI=1S/C18H15Cl2NO4S/c1-25-17(22)8-7-14-10-12-9-13(19)11-16(20)18(12)21(14)26(23,24)15-5-3-2-4-6-15/h2-6,9-11H,7-8H2,1H3. The minimum absolute atomic E-state index is 0.0441. The van der Waals surface area contributed by atoms with Crippen molar-refractivity contribution in [1.29, 1.82) is 0 Å². The summed E-state index contributed by atoms with van der Waals surface area (Å²) in [5.41, 5.74) is 0.762. The molecule has 0 aliphatic carbocycles. The molecule has 26 heavy (non-hydrogen) atoms. The molecule has 0 aliphatic rings. The number of nitrogens with zero attached hydrogens (tertiary/aromatic N) is 1. The summed E-state index contributed by atoms with van der Waals surface area (Å²) in [5.74, 6) is -0.428. The van der Waals surface area contributed by atoms with E-state index in [4.69, 9.17) is 23.2 Å². The number of benzene rings is 2. The number of carbonyl (C=O) groups excluding carboxylic acids is 1. The molecule has 0 aliphatic heterocycles. The topological polar surface area (TPSA) is 65.4 Å². The highest BCUT2D eigenvalue weighted by molar-refractivity contribution is 7.90. The molecule has 3 aromatic rings. The molecule has 1 aromatic heterocycles. The Balaban J connectivity index is 2.25. The zero-order valence-corrected chi connectivity index (χ0v) is 16.1. The zero-order valence-electron chi connectivity index (χ0n) is 13.8. The van der Waals surface area contributed by atoms with Crippen molar-refractivity contribution in [1.82, 2.24) is 3.97 Å². The predicted molar refractivity (Wildman–Crippen MR) is 101 cm³/mol. The lowest BCUT2D eigenvalue weighted by Crippen LogP contribution is -2.16. The third kappa shape index (κ3) is 3.45. The van der Waals surface area contributed by atoms with Gasteiger partial charge in [-0.25, -0.2) is 12.4 Å². The summed E-state index contributed by atoms with van der Waals surface area (Å²) >= 11 is 12.4. The lowest BCUT2D eigenvalue weighted by molar-refractivity contribution is -0.140. The molecular formula is C18H15Cl2NO4S. The molecule has 0 fully saturated rings. The maximum absolute atomic E-state index is 13.2. The molecular weight excluding hydrogens is 397 g/mol. The Kier molecular flexibility index (Phi) is 5.27. The van der Waals surface area contributed by atoms with Gasteiger partial charge in [0.05, 0.1) is 29.0 Å². The van der Waals surface area contributed by atoms with Gasteiger partial charge >= 0.3 is 5.97 Å². The predicted octanol–water partition coefficient (Wildman–Crippen LogP) is 4.29. The summed E-state index contributed by atoms with van der Waals surface area (Å²) in [6.07, 6.45) is 0.226. The van der Waals surface area contributed by atoms with Gasteiger partial charge in [-0.15, -0.1) is 0 Å². The van der Waals surface area contributed by atoms with E-state index in [2.05, 4.69) is 4.74 Å². The van der Waals surface area contributed by atoms with E-state index in [0.29, 0.717) is 21.6 Å². The van der Waals surface area contributed by atoms with Crippen LogP contribution >= 0.6 is 23.2 Å². The van der Waals surface area contributed by atoms with E-state index in [-0.39, 0.29) is 22.8 Å². The Labute approximate surface area is 161 Å². The third-order valence-corrected chi connectivity index (χ3v) is 6.21. The molecule has 2 aromatic carbocycles. The Hall–Kier alpha value is -2.02. The number of methoxy groups -OCH3 is 1. The van der Waals surface area contributed by atoms with Crippen LogP contribution in [0.15, 0.2) is 53.4 Å². The molecule has 0 amide bonds. The van der Waals surface area contributed by atoms with Gasteiger partial charge in [0, 0.05) is 16.1 Å². The summed E-state index contributed by atoms with van der Waals surface area (Å²) < 4.78 is 32.3. The van der Waals surface area contributed by atoms with E-state index in [1.807, 2.05) is 0 Å². The molecule has 5 nitrogen and oxygen atoms in total. The number of aromatic nitrogens is 1. The normalized spacial score (nSPS) is 11.7. The number of aryl methyl sites for hydroxylation is 1. The van der Waals surface area contributed by atoms with Crippen LogP contribution in [0.25, 0.3) is 10.9 Å². The number of fused-ring (bicyclic) bond motifs is 1. The van der Waals surface area contributed by atoms with Crippen molar-refractivity contribution in [2.45, 2.75) is 17.7 Å². The van der Waals surface area contributed by atoms with Gasteiger partial charge in [0.2, 0.25) is 0 Å². The van der Waals surface area contributed by atoms with Crippen LogP contribution in [0, 0.1) is 0 Å². The van der Waals surface area contributed by atoms with Gasteiger partial charge < -0.3 is 4.74 Å². The molecule has 3 rings (SSSR count). The largest absolute Gasteiger partial charge is 0.469 e. The lowest BCUT2D eigenvalue weighted by Gasteiger charge is -2.12. The van der Waals surface area contributed by atoms with E-state index in [0.717, 1.165) is 0 Å². The summed E-state index contributed by atoms with van der Waals surface area (Å²) in [5, 5.41) is 1.20. The minimum Gasteiger partial charge on any atom is -0.469 e. The van der Waals surface area contributed by atoms with Crippen molar-refractivity contribution in [3.05, 3.63) is 64.3 Å². The maximum Gasteiger partial charge on any atom is 0.305 e. The summed E-state index contributed by atoms with van der Waals surface area (Å²) in [6.45, 7) is 0. The first-order valence-electron chi connectivity index (χ1n) is 7.71. The van der Waals surface area contributed by atoms with Crippen LogP contribution in [-0.2, 0) is 26.0 Å². The van der Waals surface area contributed by atoms with Crippen LogP contribution in [-0.4, -0.2) is 25.5 Å². The quantitative estimate of drug-likeness (QED) is 0.587. The fourth-order valence-corrected chi connectivity index (χ4v) is 5.02. The van der Waals surface area contributed by atoms with Gasteiger partial charge in [0.15, 0.2) is 0 Å². The third-order valence-electron chi connectivity index (χ3n) is 3.94. The number of carbonyl (C=O) groups is 1. The molecule has 0 unspecified atom stereocenters. The van der Waals surface area contributed by atoms with E-state index >= 15 is 0 Å². The van der Waals surface area contributed by atoms with Crippen molar-refractivity contribution in [3.63, 3.8) is 0 Å². The zero-order chi connectivity index (χ0) is 18.9. The second kappa shape index (κ2) is 7.31. The van der Waals surface area contributed by atoms with Crippen molar-refractivity contribution in [2.75, 3.05) is 7.11 Å². The smallest absolute Gasteiger partial charge is 0.305 e. The van der Waals surface area contributed by atoms with Crippen LogP contribution < -0.4 is 0 Å². The number of hydrogen-bond acceptors (Lipinski definition) is 4. The average molecular weight is 412 g/mol. The average Bonchev–Trinajstić information content (AvgIpc) is 2.99. The first-order chi connectivity index (χ1) is 12.3.